The molecule has 1 aromatic rings. The van der Waals surface area contributed by atoms with Gasteiger partial charge in [0.05, 0.1) is 19.4 Å². The first kappa shape index (κ1) is 17.7. The van der Waals surface area contributed by atoms with E-state index in [1.807, 2.05) is 24.1 Å². The Morgan fingerprint density at radius 3 is 2.87 bits per heavy atom. The number of aryl methyl sites for hydroxylation is 1. The van der Waals surface area contributed by atoms with Crippen LogP contribution in [-0.2, 0) is 18.2 Å². The van der Waals surface area contributed by atoms with Gasteiger partial charge in [0.1, 0.15) is 0 Å². The van der Waals surface area contributed by atoms with Crippen LogP contribution in [-0.4, -0.2) is 73.1 Å². The Labute approximate surface area is 139 Å². The Balaban J connectivity index is 1.64. The van der Waals surface area contributed by atoms with Crippen LogP contribution in [0.5, 0.6) is 0 Å². The van der Waals surface area contributed by atoms with Crippen molar-refractivity contribution < 1.29 is 4.74 Å². The molecular formula is C16H30N6O. The topological polar surface area (TPSA) is 66.7 Å². The van der Waals surface area contributed by atoms with Crippen molar-refractivity contribution in [2.45, 2.75) is 19.8 Å². The third-order valence-electron chi connectivity index (χ3n) is 3.81. The van der Waals surface area contributed by atoms with Crippen LogP contribution in [0.15, 0.2) is 17.4 Å². The number of hydrogen-bond acceptors (Lipinski definition) is 4. The van der Waals surface area contributed by atoms with Crippen LogP contribution in [0, 0.1) is 0 Å². The molecule has 0 amide bonds. The van der Waals surface area contributed by atoms with Gasteiger partial charge in [-0.05, 0) is 25.3 Å². The molecule has 0 radical (unpaired) electrons. The zero-order valence-corrected chi connectivity index (χ0v) is 14.4. The van der Waals surface area contributed by atoms with E-state index in [0.717, 1.165) is 71.3 Å². The molecule has 1 aromatic heterocycles. The Morgan fingerprint density at radius 1 is 1.35 bits per heavy atom. The Kier molecular flexibility index (Phi) is 7.89. The van der Waals surface area contributed by atoms with E-state index < -0.39 is 0 Å². The molecule has 1 saturated heterocycles. The van der Waals surface area contributed by atoms with Crippen molar-refractivity contribution in [3.8, 4) is 0 Å². The van der Waals surface area contributed by atoms with Crippen LogP contribution >= 0.6 is 0 Å². The highest BCUT2D eigenvalue weighted by Gasteiger charge is 2.09. The molecule has 1 aliphatic rings. The number of hydrogen-bond donors (Lipinski definition) is 2. The van der Waals surface area contributed by atoms with E-state index in [0.29, 0.717) is 0 Å². The number of nitrogens with zero attached hydrogens (tertiary/aromatic N) is 4. The van der Waals surface area contributed by atoms with Crippen LogP contribution in [0.25, 0.3) is 0 Å². The highest BCUT2D eigenvalue weighted by atomic mass is 16.5. The fourth-order valence-electron chi connectivity index (χ4n) is 2.58. The zero-order chi connectivity index (χ0) is 16.3. The second-order valence-electron chi connectivity index (χ2n) is 5.77. The summed E-state index contributed by atoms with van der Waals surface area (Å²) in [6, 6.07) is 0. The second kappa shape index (κ2) is 10.2. The van der Waals surface area contributed by atoms with Crippen molar-refractivity contribution in [1.29, 1.82) is 0 Å². The molecule has 0 atom stereocenters. The van der Waals surface area contributed by atoms with Crippen LogP contribution < -0.4 is 10.6 Å². The van der Waals surface area contributed by atoms with Gasteiger partial charge in [0, 0.05) is 52.5 Å². The Hall–Kier alpha value is -1.60. The van der Waals surface area contributed by atoms with Gasteiger partial charge in [0.2, 0.25) is 0 Å². The number of aromatic nitrogens is 2. The monoisotopic (exact) mass is 322 g/mol. The lowest BCUT2D eigenvalue weighted by atomic mass is 10.2. The first-order valence-electron chi connectivity index (χ1n) is 8.57. The van der Waals surface area contributed by atoms with Gasteiger partial charge in [-0.15, -0.1) is 0 Å². The third kappa shape index (κ3) is 7.00. The Bertz CT molecular complexity index is 467. The second-order valence-corrected chi connectivity index (χ2v) is 5.77. The predicted molar refractivity (Wildman–Crippen MR) is 92.8 cm³/mol. The van der Waals surface area contributed by atoms with Crippen molar-refractivity contribution in [2.75, 3.05) is 52.5 Å². The van der Waals surface area contributed by atoms with E-state index in [1.54, 1.807) is 0 Å². The summed E-state index contributed by atoms with van der Waals surface area (Å²) in [7, 11) is 1.94. The molecule has 0 aliphatic carbocycles. The van der Waals surface area contributed by atoms with Crippen molar-refractivity contribution in [3.63, 3.8) is 0 Å². The molecule has 2 N–H and O–H groups in total. The molecular weight excluding hydrogens is 292 g/mol. The van der Waals surface area contributed by atoms with Crippen molar-refractivity contribution in [1.82, 2.24) is 25.3 Å². The molecule has 1 fully saturated rings. The molecule has 0 spiro atoms. The molecule has 0 saturated carbocycles. The summed E-state index contributed by atoms with van der Waals surface area (Å²) >= 11 is 0. The molecule has 1 aliphatic heterocycles. The summed E-state index contributed by atoms with van der Waals surface area (Å²) in [5.41, 5.74) is 1.24. The number of aliphatic imine (C=N–C) groups is 1. The van der Waals surface area contributed by atoms with E-state index in [2.05, 4.69) is 32.5 Å². The number of morpholine rings is 1. The van der Waals surface area contributed by atoms with Crippen LogP contribution in [0.4, 0.5) is 0 Å². The van der Waals surface area contributed by atoms with E-state index >= 15 is 0 Å². The highest BCUT2D eigenvalue weighted by molar-refractivity contribution is 5.79. The van der Waals surface area contributed by atoms with E-state index in [4.69, 9.17) is 4.74 Å². The number of ether oxygens (including phenoxy) is 1. The minimum Gasteiger partial charge on any atom is -0.379 e. The summed E-state index contributed by atoms with van der Waals surface area (Å²) in [6.07, 6.45) is 5.99. The van der Waals surface area contributed by atoms with E-state index in [-0.39, 0.29) is 0 Å². The molecule has 2 rings (SSSR count). The van der Waals surface area contributed by atoms with Gasteiger partial charge >= 0.3 is 0 Å². The molecule has 7 heteroatoms. The summed E-state index contributed by atoms with van der Waals surface area (Å²) in [5.74, 6) is 0.901. The molecule has 2 heterocycles. The average Bonchev–Trinajstić information content (AvgIpc) is 2.98. The minimum atomic E-state index is 0.847. The minimum absolute atomic E-state index is 0.847. The first-order chi connectivity index (χ1) is 11.3. The summed E-state index contributed by atoms with van der Waals surface area (Å²) < 4.78 is 7.20. The van der Waals surface area contributed by atoms with E-state index in [9.17, 15) is 0 Å². The number of nitrogens with one attached hydrogen (secondary N) is 2. The van der Waals surface area contributed by atoms with Crippen molar-refractivity contribution in [3.05, 3.63) is 18.0 Å². The quantitative estimate of drug-likeness (QED) is 0.408. The van der Waals surface area contributed by atoms with Crippen molar-refractivity contribution >= 4 is 5.96 Å². The van der Waals surface area contributed by atoms with Crippen LogP contribution in [0.1, 0.15) is 18.9 Å². The molecule has 7 nitrogen and oxygen atoms in total. The normalized spacial score (nSPS) is 16.5. The maximum Gasteiger partial charge on any atom is 0.191 e. The number of guanidine groups is 1. The molecule has 0 aromatic carbocycles. The van der Waals surface area contributed by atoms with Crippen molar-refractivity contribution in [2.24, 2.45) is 12.0 Å². The highest BCUT2D eigenvalue weighted by Crippen LogP contribution is 1.98. The van der Waals surface area contributed by atoms with Gasteiger partial charge in [-0.2, -0.15) is 5.10 Å². The third-order valence-corrected chi connectivity index (χ3v) is 3.81. The van der Waals surface area contributed by atoms with E-state index in [1.165, 1.54) is 5.56 Å². The smallest absolute Gasteiger partial charge is 0.191 e. The number of rotatable bonds is 8. The lowest BCUT2D eigenvalue weighted by Crippen LogP contribution is -2.39. The van der Waals surface area contributed by atoms with Gasteiger partial charge in [-0.3, -0.25) is 14.6 Å². The average molecular weight is 322 g/mol. The van der Waals surface area contributed by atoms with Gasteiger partial charge in [-0.1, -0.05) is 0 Å². The van der Waals surface area contributed by atoms with Crippen LogP contribution in [0.2, 0.25) is 0 Å². The summed E-state index contributed by atoms with van der Waals surface area (Å²) in [6.45, 7) is 9.60. The molecule has 130 valence electrons. The molecule has 23 heavy (non-hydrogen) atoms. The van der Waals surface area contributed by atoms with Gasteiger partial charge in [-0.25, -0.2) is 0 Å². The predicted octanol–water partition coefficient (Wildman–Crippen LogP) is 0.240. The van der Waals surface area contributed by atoms with Gasteiger partial charge < -0.3 is 15.4 Å². The summed E-state index contributed by atoms with van der Waals surface area (Å²) in [4.78, 5) is 7.10. The maximum atomic E-state index is 5.36. The first-order valence-corrected chi connectivity index (χ1v) is 8.57. The largest absolute Gasteiger partial charge is 0.379 e. The SMILES string of the molecule is CCNC(=NCCCN1CCOCC1)NCCc1cnn(C)c1. The van der Waals surface area contributed by atoms with Crippen LogP contribution in [0.3, 0.4) is 0 Å². The zero-order valence-electron chi connectivity index (χ0n) is 14.4. The lowest BCUT2D eigenvalue weighted by molar-refractivity contribution is 0.0377. The summed E-state index contributed by atoms with van der Waals surface area (Å²) in [5, 5.41) is 10.9. The van der Waals surface area contributed by atoms with Gasteiger partial charge in [0.25, 0.3) is 0 Å². The van der Waals surface area contributed by atoms with Gasteiger partial charge in [0.15, 0.2) is 5.96 Å². The lowest BCUT2D eigenvalue weighted by Gasteiger charge is -2.26. The fraction of sp³-hybridized carbons (Fsp3) is 0.750. The maximum absolute atomic E-state index is 5.36. The Morgan fingerprint density at radius 2 is 2.17 bits per heavy atom. The fourth-order valence-corrected chi connectivity index (χ4v) is 2.58. The molecule has 0 bridgehead atoms. The molecule has 0 unspecified atom stereocenters. The standard InChI is InChI=1S/C16H30N6O/c1-3-17-16(19-7-5-15-13-20-21(2)14-15)18-6-4-8-22-9-11-23-12-10-22/h13-14H,3-12H2,1-2H3,(H2,17,18,19).